The summed E-state index contributed by atoms with van der Waals surface area (Å²) in [7, 11) is 0. The number of anilines is 3. The van der Waals surface area contributed by atoms with E-state index in [1.54, 1.807) is 0 Å². The summed E-state index contributed by atoms with van der Waals surface area (Å²) in [5.41, 5.74) is 16.4. The normalized spacial score (nSPS) is 11.2. The van der Waals surface area contributed by atoms with Gasteiger partial charge in [-0.05, 0) is 123 Å². The van der Waals surface area contributed by atoms with Crippen LogP contribution < -0.4 is 4.90 Å². The highest BCUT2D eigenvalue weighted by molar-refractivity contribution is 6.10. The van der Waals surface area contributed by atoms with Gasteiger partial charge in [0.25, 0.3) is 0 Å². The molecule has 2 heteroatoms. The number of hydrogen-bond donors (Lipinski definition) is 0. The molecule has 0 aliphatic heterocycles. The maximum Gasteiger partial charge on any atom is 0.0541 e. The average Bonchev–Trinajstić information content (AvgIpc) is 3.62. The zero-order valence-corrected chi connectivity index (χ0v) is 30.8. The van der Waals surface area contributed by atoms with Crippen LogP contribution in [0.2, 0.25) is 0 Å². The Labute approximate surface area is 327 Å². The van der Waals surface area contributed by atoms with Gasteiger partial charge in [0.15, 0.2) is 0 Å². The van der Waals surface area contributed by atoms with Crippen LogP contribution in [0.1, 0.15) is 0 Å². The Balaban J connectivity index is 1.09. The summed E-state index contributed by atoms with van der Waals surface area (Å²) in [4.78, 5) is 2.30. The second kappa shape index (κ2) is 14.4. The summed E-state index contributed by atoms with van der Waals surface area (Å²) in [5, 5.41) is 2.47. The number of nitrogens with zero attached hydrogens (tertiary/aromatic N) is 2. The van der Waals surface area contributed by atoms with E-state index in [0.29, 0.717) is 0 Å². The van der Waals surface area contributed by atoms with Gasteiger partial charge in [0.05, 0.1) is 11.0 Å². The molecule has 0 saturated heterocycles. The molecule has 0 saturated carbocycles. The predicted octanol–water partition coefficient (Wildman–Crippen LogP) is 14.9. The van der Waals surface area contributed by atoms with Crippen molar-refractivity contribution in [2.24, 2.45) is 0 Å². The third-order valence-electron chi connectivity index (χ3n) is 10.7. The smallest absolute Gasteiger partial charge is 0.0541 e. The molecule has 0 radical (unpaired) electrons. The van der Waals surface area contributed by atoms with Crippen LogP contribution >= 0.6 is 0 Å². The molecule has 1 aromatic heterocycles. The van der Waals surface area contributed by atoms with Gasteiger partial charge in [0.1, 0.15) is 0 Å². The summed E-state index contributed by atoms with van der Waals surface area (Å²) in [6.45, 7) is 0. The molecule has 10 aromatic rings. The molecule has 9 aromatic carbocycles. The lowest BCUT2D eigenvalue weighted by atomic mass is 9.95. The summed E-state index contributed by atoms with van der Waals surface area (Å²) < 4.78 is 2.44. The molecule has 0 unspecified atom stereocenters. The summed E-state index contributed by atoms with van der Waals surface area (Å²) in [5.74, 6) is 0. The Hall–Kier alpha value is -7.42. The van der Waals surface area contributed by atoms with E-state index in [0.717, 1.165) is 22.7 Å². The molecule has 10 rings (SSSR count). The Morgan fingerprint density at radius 2 is 0.661 bits per heavy atom. The molecule has 0 aliphatic carbocycles. The highest BCUT2D eigenvalue weighted by Gasteiger charge is 2.17. The van der Waals surface area contributed by atoms with Gasteiger partial charge in [-0.15, -0.1) is 0 Å². The van der Waals surface area contributed by atoms with Crippen LogP contribution in [-0.2, 0) is 0 Å². The van der Waals surface area contributed by atoms with E-state index in [9.17, 15) is 0 Å². The summed E-state index contributed by atoms with van der Waals surface area (Å²) in [6, 6.07) is 83.0. The van der Waals surface area contributed by atoms with E-state index in [1.165, 1.54) is 66.3 Å². The zero-order valence-electron chi connectivity index (χ0n) is 30.8. The lowest BCUT2D eigenvalue weighted by Gasteiger charge is -2.25. The minimum Gasteiger partial charge on any atom is -0.311 e. The van der Waals surface area contributed by atoms with Gasteiger partial charge in [0, 0.05) is 33.5 Å². The first kappa shape index (κ1) is 33.2. The molecule has 0 atom stereocenters. The highest BCUT2D eigenvalue weighted by atomic mass is 15.1. The van der Waals surface area contributed by atoms with Gasteiger partial charge in [-0.2, -0.15) is 0 Å². The molecule has 1 heterocycles. The molecule has 264 valence electrons. The largest absolute Gasteiger partial charge is 0.311 e. The quantitative estimate of drug-likeness (QED) is 0.152. The fraction of sp³-hybridized carbons (Fsp3) is 0. The van der Waals surface area contributed by atoms with Crippen molar-refractivity contribution in [1.29, 1.82) is 0 Å². The molecule has 0 spiro atoms. The molecule has 0 amide bonds. The van der Waals surface area contributed by atoms with Crippen LogP contribution in [0.25, 0.3) is 72.0 Å². The van der Waals surface area contributed by atoms with Crippen molar-refractivity contribution in [2.75, 3.05) is 4.90 Å². The van der Waals surface area contributed by atoms with E-state index < -0.39 is 0 Å². The first-order valence-corrected chi connectivity index (χ1v) is 19.2. The maximum absolute atomic E-state index is 2.44. The van der Waals surface area contributed by atoms with Crippen molar-refractivity contribution in [3.8, 4) is 50.2 Å². The lowest BCUT2D eigenvalue weighted by molar-refractivity contribution is 1.18. The number of benzene rings is 9. The molecular formula is C54H38N2. The molecule has 0 N–H and O–H groups in total. The maximum atomic E-state index is 2.44. The van der Waals surface area contributed by atoms with Crippen LogP contribution in [-0.4, -0.2) is 4.57 Å². The minimum absolute atomic E-state index is 1.12. The van der Waals surface area contributed by atoms with Crippen LogP contribution in [0.4, 0.5) is 17.1 Å². The molecule has 2 nitrogen and oxygen atoms in total. The minimum atomic E-state index is 1.12. The van der Waals surface area contributed by atoms with Crippen LogP contribution in [0, 0.1) is 0 Å². The van der Waals surface area contributed by atoms with Crippen molar-refractivity contribution in [1.82, 2.24) is 4.57 Å². The van der Waals surface area contributed by atoms with Crippen molar-refractivity contribution in [3.63, 3.8) is 0 Å². The van der Waals surface area contributed by atoms with E-state index in [2.05, 4.69) is 240 Å². The summed E-state index contributed by atoms with van der Waals surface area (Å²) in [6.07, 6.45) is 0. The third-order valence-corrected chi connectivity index (χ3v) is 10.7. The third kappa shape index (κ3) is 6.24. The topological polar surface area (TPSA) is 8.17 Å². The number of para-hydroxylation sites is 3. The van der Waals surface area contributed by atoms with E-state index >= 15 is 0 Å². The van der Waals surface area contributed by atoms with Gasteiger partial charge >= 0.3 is 0 Å². The molecule has 0 aliphatic rings. The van der Waals surface area contributed by atoms with Crippen LogP contribution in [0.3, 0.4) is 0 Å². The van der Waals surface area contributed by atoms with Crippen LogP contribution in [0.5, 0.6) is 0 Å². The van der Waals surface area contributed by atoms with Crippen molar-refractivity contribution in [3.05, 3.63) is 231 Å². The number of fused-ring (bicyclic) bond motifs is 3. The second-order valence-electron chi connectivity index (χ2n) is 14.2. The first-order chi connectivity index (χ1) is 27.8. The summed E-state index contributed by atoms with van der Waals surface area (Å²) >= 11 is 0. The predicted molar refractivity (Wildman–Crippen MR) is 237 cm³/mol. The molecule has 0 fully saturated rings. The lowest BCUT2D eigenvalue weighted by Crippen LogP contribution is -2.09. The molecule has 0 bridgehead atoms. The number of hydrogen-bond acceptors (Lipinski definition) is 1. The first-order valence-electron chi connectivity index (χ1n) is 19.2. The van der Waals surface area contributed by atoms with Crippen molar-refractivity contribution >= 4 is 38.9 Å². The van der Waals surface area contributed by atoms with Crippen LogP contribution in [0.15, 0.2) is 231 Å². The SMILES string of the molecule is c1ccc(-c2cccc(-c3cc(-c4ccccc4)cc(-n4c5ccccc5c5cc(-c6ccc(N(c7ccccc7)c7ccccc7)cc6)ccc54)c3)c2)cc1. The fourth-order valence-electron chi connectivity index (χ4n) is 8.05. The van der Waals surface area contributed by atoms with E-state index in [4.69, 9.17) is 0 Å². The Bertz CT molecular complexity index is 2890. The number of rotatable bonds is 8. The van der Waals surface area contributed by atoms with Gasteiger partial charge in [-0.1, -0.05) is 152 Å². The molecule has 56 heavy (non-hydrogen) atoms. The van der Waals surface area contributed by atoms with E-state index in [1.807, 2.05) is 0 Å². The number of aromatic nitrogens is 1. The van der Waals surface area contributed by atoms with Gasteiger partial charge in [-0.3, -0.25) is 0 Å². The standard InChI is InChI=1S/C54H38N2/c1-5-16-39(17-6-1)42-20-15-21-43(34-42)46-35-45(40-18-7-2-8-19-40)36-50(37-46)56-53-27-14-13-26-51(53)52-38-44(30-33-54(52)56)41-28-31-49(32-29-41)55(47-22-9-3-10-23-47)48-24-11-4-12-25-48/h1-38H. The Morgan fingerprint density at radius 3 is 1.30 bits per heavy atom. The second-order valence-corrected chi connectivity index (χ2v) is 14.2. The fourth-order valence-corrected chi connectivity index (χ4v) is 8.05. The van der Waals surface area contributed by atoms with Gasteiger partial charge in [-0.25, -0.2) is 0 Å². The van der Waals surface area contributed by atoms with Crippen molar-refractivity contribution in [2.45, 2.75) is 0 Å². The van der Waals surface area contributed by atoms with Crippen molar-refractivity contribution < 1.29 is 0 Å². The van der Waals surface area contributed by atoms with Gasteiger partial charge in [0.2, 0.25) is 0 Å². The zero-order chi connectivity index (χ0) is 37.3. The monoisotopic (exact) mass is 714 g/mol. The average molecular weight is 715 g/mol. The molecular weight excluding hydrogens is 677 g/mol. The van der Waals surface area contributed by atoms with E-state index in [-0.39, 0.29) is 0 Å². The Morgan fingerprint density at radius 1 is 0.250 bits per heavy atom. The van der Waals surface area contributed by atoms with Gasteiger partial charge < -0.3 is 9.47 Å². The Kier molecular flexibility index (Phi) is 8.55. The highest BCUT2D eigenvalue weighted by Crippen LogP contribution is 2.40.